The minimum Gasteiger partial charge on any atom is -0.383 e. The summed E-state index contributed by atoms with van der Waals surface area (Å²) in [6, 6.07) is 12.2. The van der Waals surface area contributed by atoms with Crippen molar-refractivity contribution in [3.8, 4) is 0 Å². The second-order valence-corrected chi connectivity index (χ2v) is 6.12. The molecule has 0 saturated heterocycles. The van der Waals surface area contributed by atoms with Crippen molar-refractivity contribution in [3.63, 3.8) is 0 Å². The Morgan fingerprint density at radius 3 is 2.78 bits per heavy atom. The van der Waals surface area contributed by atoms with Crippen LogP contribution in [0, 0.1) is 0 Å². The van der Waals surface area contributed by atoms with E-state index in [0.29, 0.717) is 19.1 Å². The number of hydrogen-bond acceptors (Lipinski definition) is 6. The van der Waals surface area contributed by atoms with Crippen molar-refractivity contribution in [2.24, 2.45) is 0 Å². The molecule has 120 valence electrons. The topological polar surface area (TPSA) is 59.1 Å². The Kier molecular flexibility index (Phi) is 5.39. The van der Waals surface area contributed by atoms with Crippen molar-refractivity contribution >= 4 is 34.0 Å². The van der Waals surface area contributed by atoms with Gasteiger partial charge in [0.15, 0.2) is 0 Å². The van der Waals surface area contributed by atoms with Crippen LogP contribution >= 0.6 is 11.3 Å². The Bertz CT molecular complexity index is 745. The number of para-hydroxylation sites is 1. The van der Waals surface area contributed by atoms with Crippen LogP contribution in [0.4, 0.5) is 11.8 Å². The molecule has 0 radical (unpaired) electrons. The van der Waals surface area contributed by atoms with E-state index in [4.69, 9.17) is 4.74 Å². The predicted octanol–water partition coefficient (Wildman–Crippen LogP) is 3.40. The zero-order valence-electron chi connectivity index (χ0n) is 13.1. The highest BCUT2D eigenvalue weighted by Gasteiger charge is 2.07. The van der Waals surface area contributed by atoms with Gasteiger partial charge in [0.1, 0.15) is 5.82 Å². The van der Waals surface area contributed by atoms with Gasteiger partial charge in [-0.25, -0.2) is 4.98 Å². The maximum Gasteiger partial charge on any atom is 0.225 e. The summed E-state index contributed by atoms with van der Waals surface area (Å²) in [5.74, 6) is 1.49. The van der Waals surface area contributed by atoms with E-state index in [1.807, 2.05) is 24.3 Å². The summed E-state index contributed by atoms with van der Waals surface area (Å²) in [5, 5.41) is 9.76. The first kappa shape index (κ1) is 15.7. The van der Waals surface area contributed by atoms with Gasteiger partial charge in [0.25, 0.3) is 0 Å². The van der Waals surface area contributed by atoms with Gasteiger partial charge < -0.3 is 15.4 Å². The number of fused-ring (bicyclic) bond motifs is 1. The van der Waals surface area contributed by atoms with E-state index >= 15 is 0 Å². The second-order valence-electron chi connectivity index (χ2n) is 5.09. The molecule has 0 aliphatic rings. The van der Waals surface area contributed by atoms with E-state index in [1.165, 1.54) is 4.88 Å². The lowest BCUT2D eigenvalue weighted by atomic mass is 10.2. The van der Waals surface area contributed by atoms with Crippen LogP contribution in [0.5, 0.6) is 0 Å². The lowest BCUT2D eigenvalue weighted by molar-refractivity contribution is 0.210. The number of hydrogen-bond donors (Lipinski definition) is 2. The molecule has 3 rings (SSSR count). The minimum atomic E-state index is 0.638. The minimum absolute atomic E-state index is 0.638. The highest BCUT2D eigenvalue weighted by atomic mass is 32.1. The number of nitrogens with one attached hydrogen (secondary N) is 2. The number of aromatic nitrogens is 2. The van der Waals surface area contributed by atoms with Gasteiger partial charge in [-0.05, 0) is 30.0 Å². The molecular weight excluding hydrogens is 308 g/mol. The summed E-state index contributed by atoms with van der Waals surface area (Å²) in [7, 11) is 1.69. The van der Waals surface area contributed by atoms with Crippen LogP contribution in [0.2, 0.25) is 0 Å². The van der Waals surface area contributed by atoms with E-state index < -0.39 is 0 Å². The number of nitrogens with zero attached hydrogens (tertiary/aromatic N) is 2. The molecule has 0 aliphatic carbocycles. The third-order valence-corrected chi connectivity index (χ3v) is 4.37. The fourth-order valence-corrected chi connectivity index (χ4v) is 3.02. The number of benzene rings is 1. The summed E-state index contributed by atoms with van der Waals surface area (Å²) < 4.78 is 5.09. The quantitative estimate of drug-likeness (QED) is 0.621. The summed E-state index contributed by atoms with van der Waals surface area (Å²) in [6.45, 7) is 2.17. The maximum atomic E-state index is 5.09. The van der Waals surface area contributed by atoms with Crippen LogP contribution in [0.15, 0.2) is 41.8 Å². The molecule has 2 heterocycles. The maximum absolute atomic E-state index is 5.09. The standard InChI is InChI=1S/C17H20N4OS/c1-22-11-10-18-16-14-6-2-3-7-15(14)20-17(21-16)19-9-8-13-5-4-12-23-13/h2-7,12H,8-11H2,1H3,(H2,18,19,20,21). The summed E-state index contributed by atoms with van der Waals surface area (Å²) in [5.41, 5.74) is 0.932. The Morgan fingerprint density at radius 2 is 1.96 bits per heavy atom. The summed E-state index contributed by atoms with van der Waals surface area (Å²) in [6.07, 6.45) is 0.973. The Balaban J connectivity index is 1.74. The number of anilines is 2. The van der Waals surface area contributed by atoms with Gasteiger partial charge in [-0.2, -0.15) is 4.98 Å². The molecule has 3 aromatic rings. The molecule has 0 spiro atoms. The number of thiophene rings is 1. The number of methoxy groups -OCH3 is 1. The zero-order chi connectivity index (χ0) is 15.9. The summed E-state index contributed by atoms with van der Waals surface area (Å²) >= 11 is 1.77. The van der Waals surface area contributed by atoms with Crippen LogP contribution in [-0.4, -0.2) is 36.8 Å². The lowest BCUT2D eigenvalue weighted by Crippen LogP contribution is -2.12. The predicted molar refractivity (Wildman–Crippen MR) is 96.4 cm³/mol. The SMILES string of the molecule is COCCNc1nc(NCCc2cccs2)nc2ccccc12. The zero-order valence-corrected chi connectivity index (χ0v) is 13.9. The molecule has 0 aliphatic heterocycles. The van der Waals surface area contributed by atoms with E-state index in [0.717, 1.165) is 29.7 Å². The molecule has 0 fully saturated rings. The van der Waals surface area contributed by atoms with Crippen molar-refractivity contribution in [1.82, 2.24) is 9.97 Å². The first-order valence-electron chi connectivity index (χ1n) is 7.62. The molecule has 23 heavy (non-hydrogen) atoms. The first-order chi connectivity index (χ1) is 11.4. The Morgan fingerprint density at radius 1 is 1.04 bits per heavy atom. The van der Waals surface area contributed by atoms with E-state index in [1.54, 1.807) is 18.4 Å². The molecule has 0 atom stereocenters. The average molecular weight is 328 g/mol. The smallest absolute Gasteiger partial charge is 0.225 e. The van der Waals surface area contributed by atoms with Crippen molar-refractivity contribution in [2.75, 3.05) is 37.4 Å². The molecule has 2 aromatic heterocycles. The Labute approximate surface area is 139 Å². The molecule has 1 aromatic carbocycles. The van der Waals surface area contributed by atoms with Crippen LogP contribution in [0.1, 0.15) is 4.88 Å². The molecule has 0 saturated carbocycles. The van der Waals surface area contributed by atoms with Gasteiger partial charge in [-0.15, -0.1) is 11.3 Å². The van der Waals surface area contributed by atoms with Gasteiger partial charge in [-0.1, -0.05) is 18.2 Å². The van der Waals surface area contributed by atoms with E-state index in [-0.39, 0.29) is 0 Å². The number of rotatable bonds is 8. The Hall–Kier alpha value is -2.18. The van der Waals surface area contributed by atoms with Crippen molar-refractivity contribution in [3.05, 3.63) is 46.7 Å². The molecule has 0 bridgehead atoms. The third-order valence-electron chi connectivity index (χ3n) is 3.44. The highest BCUT2D eigenvalue weighted by molar-refractivity contribution is 7.09. The van der Waals surface area contributed by atoms with E-state index in [9.17, 15) is 0 Å². The largest absolute Gasteiger partial charge is 0.383 e. The normalized spacial score (nSPS) is 10.8. The second kappa shape index (κ2) is 7.89. The molecular formula is C17H20N4OS. The van der Waals surface area contributed by atoms with E-state index in [2.05, 4.69) is 38.1 Å². The van der Waals surface area contributed by atoms with Crippen molar-refractivity contribution in [1.29, 1.82) is 0 Å². The molecule has 0 unspecified atom stereocenters. The van der Waals surface area contributed by atoms with Gasteiger partial charge in [0.05, 0.1) is 12.1 Å². The number of ether oxygens (including phenoxy) is 1. The molecule has 0 amide bonds. The third kappa shape index (κ3) is 4.18. The molecule has 2 N–H and O–H groups in total. The molecule has 5 nitrogen and oxygen atoms in total. The summed E-state index contributed by atoms with van der Waals surface area (Å²) in [4.78, 5) is 10.6. The first-order valence-corrected chi connectivity index (χ1v) is 8.50. The highest BCUT2D eigenvalue weighted by Crippen LogP contribution is 2.21. The van der Waals surface area contributed by atoms with Crippen LogP contribution in [0.3, 0.4) is 0 Å². The monoisotopic (exact) mass is 328 g/mol. The fraction of sp³-hybridized carbons (Fsp3) is 0.294. The van der Waals surface area contributed by atoms with Gasteiger partial charge in [-0.3, -0.25) is 0 Å². The lowest BCUT2D eigenvalue weighted by Gasteiger charge is -2.11. The van der Waals surface area contributed by atoms with Crippen LogP contribution in [0.25, 0.3) is 10.9 Å². The van der Waals surface area contributed by atoms with Crippen molar-refractivity contribution < 1.29 is 4.74 Å². The van der Waals surface area contributed by atoms with Crippen LogP contribution in [-0.2, 0) is 11.2 Å². The van der Waals surface area contributed by atoms with Crippen LogP contribution < -0.4 is 10.6 Å². The van der Waals surface area contributed by atoms with Crippen molar-refractivity contribution in [2.45, 2.75) is 6.42 Å². The fourth-order valence-electron chi connectivity index (χ4n) is 2.31. The molecule has 6 heteroatoms. The van der Waals surface area contributed by atoms with Gasteiger partial charge in [0.2, 0.25) is 5.95 Å². The average Bonchev–Trinajstić information content (AvgIpc) is 3.08. The van der Waals surface area contributed by atoms with Gasteiger partial charge >= 0.3 is 0 Å². The van der Waals surface area contributed by atoms with Gasteiger partial charge in [0, 0.05) is 30.5 Å².